The van der Waals surface area contributed by atoms with Gasteiger partial charge in [0.25, 0.3) is 0 Å². The zero-order chi connectivity index (χ0) is 20.0. The lowest BCUT2D eigenvalue weighted by molar-refractivity contribution is -0.142. The molecule has 0 saturated carbocycles. The van der Waals surface area contributed by atoms with E-state index in [1.54, 1.807) is 32.2 Å². The van der Waals surface area contributed by atoms with Crippen molar-refractivity contribution in [3.8, 4) is 16.9 Å². The number of hydrogen-bond acceptors (Lipinski definition) is 4. The first-order valence-corrected chi connectivity index (χ1v) is 8.47. The Morgan fingerprint density at radius 3 is 2.44 bits per heavy atom. The molecule has 0 heterocycles. The molecule has 0 amide bonds. The smallest absolute Gasteiger partial charge is 0.416 e. The van der Waals surface area contributed by atoms with Crippen molar-refractivity contribution in [2.24, 2.45) is 0 Å². The number of halogens is 3. The van der Waals surface area contributed by atoms with E-state index >= 15 is 0 Å². The normalized spacial score (nSPS) is 11.3. The summed E-state index contributed by atoms with van der Waals surface area (Å²) in [7, 11) is 3.16. The van der Waals surface area contributed by atoms with E-state index in [-0.39, 0.29) is 25.5 Å². The number of esters is 1. The topological polar surface area (TPSA) is 47.6 Å². The minimum Gasteiger partial charge on any atom is -0.496 e. The summed E-state index contributed by atoms with van der Waals surface area (Å²) in [4.78, 5) is 11.8. The maximum Gasteiger partial charge on any atom is 0.416 e. The molecule has 27 heavy (non-hydrogen) atoms. The number of carbonyl (C=O) groups is 1. The molecule has 0 fully saturated rings. The molecule has 0 bridgehead atoms. The molecule has 0 aliphatic heterocycles. The van der Waals surface area contributed by atoms with Gasteiger partial charge in [0, 0.05) is 12.1 Å². The van der Waals surface area contributed by atoms with Crippen LogP contribution in [-0.4, -0.2) is 26.7 Å². The van der Waals surface area contributed by atoms with Crippen LogP contribution < -0.4 is 10.1 Å². The fourth-order valence-electron chi connectivity index (χ4n) is 2.82. The Balaban J connectivity index is 2.53. The van der Waals surface area contributed by atoms with Crippen molar-refractivity contribution in [2.45, 2.75) is 26.1 Å². The van der Waals surface area contributed by atoms with Gasteiger partial charge in [0.1, 0.15) is 5.75 Å². The minimum absolute atomic E-state index is 0.0762. The molecule has 146 valence electrons. The molecule has 0 aliphatic carbocycles. The Labute approximate surface area is 156 Å². The molecule has 0 unspecified atom stereocenters. The van der Waals surface area contributed by atoms with Crippen LogP contribution in [0.15, 0.2) is 36.4 Å². The Kier molecular flexibility index (Phi) is 6.85. The Bertz CT molecular complexity index is 804. The highest BCUT2D eigenvalue weighted by molar-refractivity contribution is 5.77. The van der Waals surface area contributed by atoms with Crippen molar-refractivity contribution in [2.75, 3.05) is 20.8 Å². The van der Waals surface area contributed by atoms with Gasteiger partial charge in [-0.25, -0.2) is 0 Å². The van der Waals surface area contributed by atoms with Crippen molar-refractivity contribution < 1.29 is 27.4 Å². The average molecular weight is 381 g/mol. The summed E-state index contributed by atoms with van der Waals surface area (Å²) >= 11 is 0. The molecule has 1 N–H and O–H groups in total. The SMILES string of the molecule is CCOC(=O)Cc1ccc(OC)c(-c2ccc(C(F)(F)F)cc2CNC)c1. The fourth-order valence-corrected chi connectivity index (χ4v) is 2.82. The lowest BCUT2D eigenvalue weighted by Gasteiger charge is -2.17. The number of methoxy groups -OCH3 is 1. The summed E-state index contributed by atoms with van der Waals surface area (Å²) in [5.41, 5.74) is 1.70. The molecule has 0 radical (unpaired) electrons. The molecule has 0 atom stereocenters. The second kappa shape index (κ2) is 8.90. The summed E-state index contributed by atoms with van der Waals surface area (Å²) in [6.07, 6.45) is -4.34. The lowest BCUT2D eigenvalue weighted by atomic mass is 9.94. The van der Waals surface area contributed by atoms with Crippen LogP contribution in [0.5, 0.6) is 5.75 Å². The maximum atomic E-state index is 13.1. The second-order valence-corrected chi connectivity index (χ2v) is 5.92. The standard InChI is InChI=1S/C20H22F3NO3/c1-4-27-19(25)10-13-5-8-18(26-3)17(9-13)16-7-6-15(20(21,22)23)11-14(16)12-24-2/h5-9,11,24H,4,10,12H2,1-3H3. The molecular formula is C20H22F3NO3. The fraction of sp³-hybridized carbons (Fsp3) is 0.350. The maximum absolute atomic E-state index is 13.1. The first-order valence-electron chi connectivity index (χ1n) is 8.47. The monoisotopic (exact) mass is 381 g/mol. The van der Waals surface area contributed by atoms with Crippen molar-refractivity contribution in [3.63, 3.8) is 0 Å². The molecule has 2 aromatic rings. The van der Waals surface area contributed by atoms with Gasteiger partial charge in [-0.2, -0.15) is 13.2 Å². The Morgan fingerprint density at radius 2 is 1.85 bits per heavy atom. The van der Waals surface area contributed by atoms with Crippen LogP contribution in [0.4, 0.5) is 13.2 Å². The largest absolute Gasteiger partial charge is 0.496 e. The number of ether oxygens (including phenoxy) is 2. The van der Waals surface area contributed by atoms with Crippen LogP contribution in [0, 0.1) is 0 Å². The molecule has 0 aliphatic rings. The third kappa shape index (κ3) is 5.23. The van der Waals surface area contributed by atoms with Gasteiger partial charge in [-0.3, -0.25) is 4.79 Å². The first kappa shape index (κ1) is 20.8. The lowest BCUT2D eigenvalue weighted by Crippen LogP contribution is -2.11. The predicted octanol–water partition coefficient (Wildman–Crippen LogP) is 4.21. The van der Waals surface area contributed by atoms with Gasteiger partial charge in [0.2, 0.25) is 0 Å². The van der Waals surface area contributed by atoms with Crippen LogP contribution in [0.25, 0.3) is 11.1 Å². The number of alkyl halides is 3. The summed E-state index contributed by atoms with van der Waals surface area (Å²) in [6, 6.07) is 8.79. The number of benzene rings is 2. The molecular weight excluding hydrogens is 359 g/mol. The van der Waals surface area contributed by atoms with Crippen molar-refractivity contribution in [1.82, 2.24) is 5.32 Å². The molecule has 0 aromatic heterocycles. The van der Waals surface area contributed by atoms with Crippen LogP contribution >= 0.6 is 0 Å². The third-order valence-corrected chi connectivity index (χ3v) is 4.01. The summed E-state index contributed by atoms with van der Waals surface area (Å²) < 4.78 is 49.6. The molecule has 0 spiro atoms. The van der Waals surface area contributed by atoms with E-state index in [1.807, 2.05) is 0 Å². The van der Waals surface area contributed by atoms with E-state index in [0.717, 1.165) is 12.1 Å². The third-order valence-electron chi connectivity index (χ3n) is 4.01. The van der Waals surface area contributed by atoms with Crippen LogP contribution in [0.3, 0.4) is 0 Å². The summed E-state index contributed by atoms with van der Waals surface area (Å²) in [5, 5.41) is 2.89. The van der Waals surface area contributed by atoms with Gasteiger partial charge in [0.05, 0.1) is 25.7 Å². The summed E-state index contributed by atoms with van der Waals surface area (Å²) in [6.45, 7) is 2.27. The first-order chi connectivity index (χ1) is 12.8. The van der Waals surface area contributed by atoms with Gasteiger partial charge in [0.15, 0.2) is 0 Å². The Morgan fingerprint density at radius 1 is 1.11 bits per heavy atom. The van der Waals surface area contributed by atoms with Crippen LogP contribution in [0.1, 0.15) is 23.6 Å². The van der Waals surface area contributed by atoms with Gasteiger partial charge >= 0.3 is 12.1 Å². The van der Waals surface area contributed by atoms with Gasteiger partial charge in [-0.15, -0.1) is 0 Å². The zero-order valence-corrected chi connectivity index (χ0v) is 15.4. The molecule has 4 nitrogen and oxygen atoms in total. The molecule has 2 aromatic carbocycles. The van der Waals surface area contributed by atoms with E-state index in [9.17, 15) is 18.0 Å². The summed E-state index contributed by atoms with van der Waals surface area (Å²) in [5.74, 6) is 0.149. The van der Waals surface area contributed by atoms with Crippen molar-refractivity contribution in [1.29, 1.82) is 0 Å². The Hall–Kier alpha value is -2.54. The van der Waals surface area contributed by atoms with Crippen molar-refractivity contribution in [3.05, 3.63) is 53.1 Å². The van der Waals surface area contributed by atoms with E-state index < -0.39 is 11.7 Å². The van der Waals surface area contributed by atoms with E-state index in [0.29, 0.717) is 28.0 Å². The number of carbonyl (C=O) groups excluding carboxylic acids is 1. The van der Waals surface area contributed by atoms with E-state index in [1.165, 1.54) is 13.2 Å². The van der Waals surface area contributed by atoms with E-state index in [4.69, 9.17) is 9.47 Å². The van der Waals surface area contributed by atoms with Gasteiger partial charge < -0.3 is 14.8 Å². The highest BCUT2D eigenvalue weighted by Gasteiger charge is 2.31. The highest BCUT2D eigenvalue weighted by Crippen LogP contribution is 2.37. The van der Waals surface area contributed by atoms with Gasteiger partial charge in [-0.05, 0) is 54.9 Å². The van der Waals surface area contributed by atoms with E-state index in [2.05, 4.69) is 5.32 Å². The number of hydrogen-bond donors (Lipinski definition) is 1. The second-order valence-electron chi connectivity index (χ2n) is 5.92. The molecule has 7 heteroatoms. The van der Waals surface area contributed by atoms with Crippen LogP contribution in [-0.2, 0) is 28.7 Å². The average Bonchev–Trinajstić information content (AvgIpc) is 2.61. The van der Waals surface area contributed by atoms with Crippen LogP contribution in [0.2, 0.25) is 0 Å². The predicted molar refractivity (Wildman–Crippen MR) is 96.5 cm³/mol. The highest BCUT2D eigenvalue weighted by atomic mass is 19.4. The quantitative estimate of drug-likeness (QED) is 0.730. The minimum atomic E-state index is -4.42. The molecule has 2 rings (SSSR count). The molecule has 0 saturated heterocycles. The number of nitrogens with one attached hydrogen (secondary N) is 1. The van der Waals surface area contributed by atoms with Gasteiger partial charge in [-0.1, -0.05) is 12.1 Å². The zero-order valence-electron chi connectivity index (χ0n) is 15.4. The number of rotatable bonds is 7. The van der Waals surface area contributed by atoms with Crippen molar-refractivity contribution >= 4 is 5.97 Å².